The summed E-state index contributed by atoms with van der Waals surface area (Å²) in [5.74, 6) is 2.54. The van der Waals surface area contributed by atoms with Gasteiger partial charge in [0, 0.05) is 18.2 Å². The van der Waals surface area contributed by atoms with Crippen molar-refractivity contribution in [3.8, 4) is 0 Å². The molecule has 0 saturated heterocycles. The second-order valence-electron chi connectivity index (χ2n) is 12.3. The monoisotopic (exact) mass is 508 g/mol. The Morgan fingerprint density at radius 3 is 2.36 bits per heavy atom. The number of benzene rings is 1. The Bertz CT molecular complexity index is 1240. The molecule has 8 heteroatoms. The maximum atomic E-state index is 13.6. The molecule has 0 spiro atoms. The lowest BCUT2D eigenvalue weighted by Gasteiger charge is -2.61. The molecule has 7 rings (SSSR count). The van der Waals surface area contributed by atoms with Crippen LogP contribution >= 0.6 is 0 Å². The van der Waals surface area contributed by atoms with E-state index in [-0.39, 0.29) is 29.6 Å². The van der Waals surface area contributed by atoms with Gasteiger partial charge in [-0.3, -0.25) is 10.1 Å². The summed E-state index contributed by atoms with van der Waals surface area (Å²) in [6.07, 6.45) is 9.79. The molecule has 192 valence electrons. The van der Waals surface area contributed by atoms with E-state index >= 15 is 0 Å². The van der Waals surface area contributed by atoms with Crippen molar-refractivity contribution in [2.45, 2.75) is 71.1 Å². The van der Waals surface area contributed by atoms with Gasteiger partial charge in [-0.05, 0) is 79.2 Å². The minimum absolute atomic E-state index is 0.0197. The number of rotatable bonds is 6. The summed E-state index contributed by atoms with van der Waals surface area (Å²) in [5, 5.41) is 3.02. The predicted octanol–water partition coefficient (Wildman–Crippen LogP) is 4.55. The summed E-state index contributed by atoms with van der Waals surface area (Å²) in [6, 6.07) is 9.24. The minimum Gasteiger partial charge on any atom is -0.294 e. The molecule has 0 radical (unpaired) electrons. The van der Waals surface area contributed by atoms with E-state index in [0.717, 1.165) is 48.1 Å². The van der Waals surface area contributed by atoms with Gasteiger partial charge in [0.15, 0.2) is 0 Å². The van der Waals surface area contributed by atoms with E-state index in [9.17, 15) is 13.2 Å². The normalized spacial score (nSPS) is 29.7. The predicted molar refractivity (Wildman–Crippen MR) is 138 cm³/mol. The van der Waals surface area contributed by atoms with E-state index in [1.807, 2.05) is 30.3 Å². The van der Waals surface area contributed by atoms with E-state index in [0.29, 0.717) is 18.7 Å². The highest BCUT2D eigenvalue weighted by atomic mass is 32.2. The first-order valence-electron chi connectivity index (χ1n) is 13.3. The number of carbonyl (C=O) groups excluding carboxylic acids is 1. The SMILES string of the molecule is CC(C)(C(=O)Nc1ncc2c(n1)CN(S(=O)(=O)Cc1ccccc1)CC2)C12CC3CC(CC(C3)C1)C2. The molecule has 1 N–H and O–H groups in total. The van der Waals surface area contributed by atoms with Crippen molar-refractivity contribution in [2.75, 3.05) is 11.9 Å². The van der Waals surface area contributed by atoms with E-state index in [4.69, 9.17) is 0 Å². The van der Waals surface area contributed by atoms with Crippen LogP contribution in [0, 0.1) is 28.6 Å². The van der Waals surface area contributed by atoms with Crippen LogP contribution in [-0.4, -0.2) is 35.1 Å². The van der Waals surface area contributed by atoms with Crippen molar-refractivity contribution >= 4 is 21.9 Å². The number of anilines is 1. The second kappa shape index (κ2) is 8.62. The fourth-order valence-corrected chi connectivity index (χ4v) is 9.31. The third kappa shape index (κ3) is 4.16. The molecule has 2 aromatic rings. The maximum absolute atomic E-state index is 13.6. The number of sulfonamides is 1. The molecule has 5 aliphatic rings. The van der Waals surface area contributed by atoms with Gasteiger partial charge >= 0.3 is 0 Å². The standard InChI is InChI=1S/C28H36N4O3S/c1-27(2,28-13-20-10-21(14-28)12-22(11-20)15-28)25(33)31-26-29-16-23-8-9-32(17-24(23)30-26)36(34,35)18-19-6-4-3-5-7-19/h3-7,16,20-22H,8-15,17-18H2,1-2H3,(H,29,30,31,33). The molecule has 2 heterocycles. The lowest BCUT2D eigenvalue weighted by molar-refractivity contribution is -0.151. The third-order valence-corrected chi connectivity index (χ3v) is 11.4. The highest BCUT2D eigenvalue weighted by Crippen LogP contribution is 2.66. The number of hydrogen-bond acceptors (Lipinski definition) is 5. The minimum atomic E-state index is -3.48. The first-order valence-corrected chi connectivity index (χ1v) is 14.9. The van der Waals surface area contributed by atoms with Crippen molar-refractivity contribution in [2.24, 2.45) is 28.6 Å². The topological polar surface area (TPSA) is 92.3 Å². The van der Waals surface area contributed by atoms with Crippen LogP contribution in [0.25, 0.3) is 0 Å². The number of carbonyl (C=O) groups is 1. The summed E-state index contributed by atoms with van der Waals surface area (Å²) < 4.78 is 27.7. The zero-order valence-corrected chi connectivity index (χ0v) is 22.1. The molecule has 4 bridgehead atoms. The molecular formula is C28H36N4O3S. The molecule has 7 nitrogen and oxygen atoms in total. The zero-order chi connectivity index (χ0) is 25.1. The fourth-order valence-electron chi connectivity index (χ4n) is 7.83. The maximum Gasteiger partial charge on any atom is 0.232 e. The van der Waals surface area contributed by atoms with Crippen LogP contribution in [0.1, 0.15) is 69.2 Å². The zero-order valence-electron chi connectivity index (χ0n) is 21.2. The molecule has 0 unspecified atom stereocenters. The van der Waals surface area contributed by atoms with Crippen LogP contribution in [0.5, 0.6) is 0 Å². The summed E-state index contributed by atoms with van der Waals surface area (Å²) in [6.45, 7) is 4.82. The number of fused-ring (bicyclic) bond motifs is 1. The molecular weight excluding hydrogens is 472 g/mol. The molecule has 4 aliphatic carbocycles. The van der Waals surface area contributed by atoms with Crippen molar-refractivity contribution < 1.29 is 13.2 Å². The van der Waals surface area contributed by atoms with Crippen LogP contribution in [-0.2, 0) is 33.5 Å². The first kappa shape index (κ1) is 24.0. The van der Waals surface area contributed by atoms with Gasteiger partial charge in [0.25, 0.3) is 0 Å². The molecule has 1 aromatic carbocycles. The Morgan fingerprint density at radius 2 is 1.72 bits per heavy atom. The lowest BCUT2D eigenvalue weighted by atomic mass is 9.43. The molecule has 0 atom stereocenters. The average Bonchev–Trinajstić information content (AvgIpc) is 2.83. The van der Waals surface area contributed by atoms with Crippen LogP contribution in [0.2, 0.25) is 0 Å². The Labute approximate surface area is 214 Å². The van der Waals surface area contributed by atoms with Gasteiger partial charge in [-0.2, -0.15) is 4.31 Å². The quantitative estimate of drug-likeness (QED) is 0.618. The summed E-state index contributed by atoms with van der Waals surface area (Å²) in [4.78, 5) is 22.7. The van der Waals surface area contributed by atoms with Crippen molar-refractivity contribution in [1.29, 1.82) is 0 Å². The summed E-state index contributed by atoms with van der Waals surface area (Å²) >= 11 is 0. The highest BCUT2D eigenvalue weighted by molar-refractivity contribution is 7.88. The second-order valence-corrected chi connectivity index (χ2v) is 14.2. The van der Waals surface area contributed by atoms with Crippen LogP contribution < -0.4 is 5.32 Å². The molecule has 1 aliphatic heterocycles. The van der Waals surface area contributed by atoms with Crippen molar-refractivity contribution in [3.63, 3.8) is 0 Å². The number of hydrogen-bond donors (Lipinski definition) is 1. The molecule has 1 aromatic heterocycles. The Morgan fingerprint density at radius 1 is 1.08 bits per heavy atom. The van der Waals surface area contributed by atoms with E-state index in [1.54, 1.807) is 6.20 Å². The smallest absolute Gasteiger partial charge is 0.232 e. The average molecular weight is 509 g/mol. The van der Waals surface area contributed by atoms with Crippen LogP contribution in [0.3, 0.4) is 0 Å². The van der Waals surface area contributed by atoms with E-state index in [2.05, 4.69) is 29.1 Å². The van der Waals surface area contributed by atoms with Gasteiger partial charge in [0.05, 0.1) is 18.0 Å². The number of aromatic nitrogens is 2. The Balaban J connectivity index is 1.18. The van der Waals surface area contributed by atoms with Crippen molar-refractivity contribution in [3.05, 3.63) is 53.3 Å². The first-order chi connectivity index (χ1) is 17.1. The fraction of sp³-hybridized carbons (Fsp3) is 0.607. The van der Waals surface area contributed by atoms with E-state index < -0.39 is 15.4 Å². The van der Waals surface area contributed by atoms with Gasteiger partial charge < -0.3 is 0 Å². The van der Waals surface area contributed by atoms with Gasteiger partial charge in [-0.1, -0.05) is 44.2 Å². The third-order valence-electron chi connectivity index (χ3n) is 9.65. The molecule has 36 heavy (non-hydrogen) atoms. The summed E-state index contributed by atoms with van der Waals surface area (Å²) in [5.41, 5.74) is 1.94. The van der Waals surface area contributed by atoms with Gasteiger partial charge in [-0.15, -0.1) is 0 Å². The molecule has 1 amide bonds. The Kier molecular flexibility index (Phi) is 5.76. The molecule has 4 fully saturated rings. The Hall–Kier alpha value is -2.32. The van der Waals surface area contributed by atoms with Crippen LogP contribution in [0.4, 0.5) is 5.95 Å². The molecule has 4 saturated carbocycles. The number of nitrogens with one attached hydrogen (secondary N) is 1. The van der Waals surface area contributed by atoms with Crippen molar-refractivity contribution in [1.82, 2.24) is 14.3 Å². The lowest BCUT2D eigenvalue weighted by Crippen LogP contribution is -2.56. The summed E-state index contributed by atoms with van der Waals surface area (Å²) in [7, 11) is -3.48. The van der Waals surface area contributed by atoms with Gasteiger partial charge in [-0.25, -0.2) is 18.4 Å². The van der Waals surface area contributed by atoms with E-state index in [1.165, 1.54) is 23.6 Å². The number of nitrogens with zero attached hydrogens (tertiary/aromatic N) is 3. The van der Waals surface area contributed by atoms with Gasteiger partial charge in [0.2, 0.25) is 21.9 Å². The largest absolute Gasteiger partial charge is 0.294 e. The number of amides is 1. The van der Waals surface area contributed by atoms with Gasteiger partial charge in [0.1, 0.15) is 0 Å². The van der Waals surface area contributed by atoms with Crippen LogP contribution in [0.15, 0.2) is 36.5 Å². The highest BCUT2D eigenvalue weighted by Gasteiger charge is 2.59.